The summed E-state index contributed by atoms with van der Waals surface area (Å²) in [5.41, 5.74) is 1.68. The molecule has 12 nitrogen and oxygen atoms in total. The van der Waals surface area contributed by atoms with E-state index in [1.807, 2.05) is 30.3 Å². The number of nitrogens with one attached hydrogen (secondary N) is 1. The molecule has 0 unspecified atom stereocenters. The van der Waals surface area contributed by atoms with Crippen molar-refractivity contribution >= 4 is 35.1 Å². The summed E-state index contributed by atoms with van der Waals surface area (Å²) in [6.45, 7) is 3.76. The minimum Gasteiger partial charge on any atom is -0.462 e. The fraction of sp³-hybridized carbons (Fsp3) is 0.208. The molecule has 1 amide bonds. The van der Waals surface area contributed by atoms with Gasteiger partial charge in [-0.2, -0.15) is 0 Å². The standard InChI is InChI=1S/C24H23N7O5S/c1-3-36-23(33)17-9-11-18(12-10-17)26-21(32)15-37-24-28-27-20(30(24)19-7-5-4-6-8-19)14-29-16(2)25-13-22(29)31(34)35/h4-13H,3,14-15H2,1-2H3,(H,26,32). The van der Waals surface area contributed by atoms with Crippen LogP contribution in [0.1, 0.15) is 28.9 Å². The molecule has 4 rings (SSSR count). The maximum Gasteiger partial charge on any atom is 0.343 e. The molecule has 190 valence electrons. The van der Waals surface area contributed by atoms with E-state index in [9.17, 15) is 19.7 Å². The van der Waals surface area contributed by atoms with E-state index in [2.05, 4.69) is 20.5 Å². The number of nitro groups is 1. The molecule has 0 saturated heterocycles. The Balaban J connectivity index is 1.50. The molecule has 2 aromatic heterocycles. The maximum absolute atomic E-state index is 12.6. The number of aromatic nitrogens is 5. The van der Waals surface area contributed by atoms with E-state index < -0.39 is 10.9 Å². The van der Waals surface area contributed by atoms with Gasteiger partial charge >= 0.3 is 11.8 Å². The van der Waals surface area contributed by atoms with Gasteiger partial charge in [0.1, 0.15) is 6.20 Å². The summed E-state index contributed by atoms with van der Waals surface area (Å²) < 4.78 is 8.17. The molecule has 0 spiro atoms. The molecule has 0 radical (unpaired) electrons. The lowest BCUT2D eigenvalue weighted by Crippen LogP contribution is -2.15. The quantitative estimate of drug-likeness (QED) is 0.143. The van der Waals surface area contributed by atoms with Crippen LogP contribution in [0.15, 0.2) is 66.0 Å². The van der Waals surface area contributed by atoms with Gasteiger partial charge in [0.15, 0.2) is 23.4 Å². The normalized spacial score (nSPS) is 10.8. The molecule has 0 aliphatic carbocycles. The number of aryl methyl sites for hydroxylation is 1. The highest BCUT2D eigenvalue weighted by Crippen LogP contribution is 2.24. The Hall–Kier alpha value is -4.52. The smallest absolute Gasteiger partial charge is 0.343 e. The number of hydrogen-bond acceptors (Lipinski definition) is 9. The van der Waals surface area contributed by atoms with Crippen LogP contribution >= 0.6 is 11.8 Å². The van der Waals surface area contributed by atoms with Gasteiger partial charge in [-0.05, 0) is 48.2 Å². The molecule has 0 atom stereocenters. The Morgan fingerprint density at radius 2 is 1.84 bits per heavy atom. The largest absolute Gasteiger partial charge is 0.462 e. The second-order valence-corrected chi connectivity index (χ2v) is 8.65. The molecule has 2 aromatic carbocycles. The van der Waals surface area contributed by atoms with Gasteiger partial charge in [0.2, 0.25) is 5.91 Å². The Kier molecular flexibility index (Phi) is 7.93. The number of para-hydroxylation sites is 1. The summed E-state index contributed by atoms with van der Waals surface area (Å²) in [6.07, 6.45) is 1.21. The summed E-state index contributed by atoms with van der Waals surface area (Å²) in [5.74, 6) is 0.101. The van der Waals surface area contributed by atoms with Crippen LogP contribution in [0.2, 0.25) is 0 Å². The van der Waals surface area contributed by atoms with Crippen LogP contribution in [-0.2, 0) is 16.1 Å². The topological polar surface area (TPSA) is 147 Å². The number of amides is 1. The van der Waals surface area contributed by atoms with Crippen molar-refractivity contribution < 1.29 is 19.2 Å². The zero-order valence-corrected chi connectivity index (χ0v) is 20.8. The molecule has 4 aromatic rings. The molecule has 2 heterocycles. The summed E-state index contributed by atoms with van der Waals surface area (Å²) in [5, 5.41) is 23.2. The first-order chi connectivity index (χ1) is 17.9. The predicted octanol–water partition coefficient (Wildman–Crippen LogP) is 3.64. The van der Waals surface area contributed by atoms with Crippen molar-refractivity contribution in [2.75, 3.05) is 17.7 Å². The van der Waals surface area contributed by atoms with Gasteiger partial charge in [0.25, 0.3) is 0 Å². The van der Waals surface area contributed by atoms with Crippen LogP contribution in [-0.4, -0.2) is 53.5 Å². The lowest BCUT2D eigenvalue weighted by atomic mass is 10.2. The lowest BCUT2D eigenvalue weighted by Gasteiger charge is -2.10. The van der Waals surface area contributed by atoms with Crippen LogP contribution < -0.4 is 5.32 Å². The van der Waals surface area contributed by atoms with Gasteiger partial charge in [-0.25, -0.2) is 14.3 Å². The Morgan fingerprint density at radius 1 is 1.11 bits per heavy atom. The fourth-order valence-electron chi connectivity index (χ4n) is 3.50. The zero-order valence-electron chi connectivity index (χ0n) is 20.0. The van der Waals surface area contributed by atoms with Crippen LogP contribution in [0.5, 0.6) is 0 Å². The number of esters is 1. The second kappa shape index (κ2) is 11.5. The zero-order chi connectivity index (χ0) is 26.4. The number of carbonyl (C=O) groups is 2. The number of rotatable bonds is 10. The highest BCUT2D eigenvalue weighted by atomic mass is 32.2. The molecule has 0 aliphatic rings. The number of hydrogen-bond donors (Lipinski definition) is 1. The van der Waals surface area contributed by atoms with E-state index in [0.29, 0.717) is 28.1 Å². The van der Waals surface area contributed by atoms with E-state index in [-0.39, 0.29) is 30.6 Å². The highest BCUT2D eigenvalue weighted by molar-refractivity contribution is 7.99. The number of nitrogens with zero attached hydrogens (tertiary/aromatic N) is 6. The van der Waals surface area contributed by atoms with Gasteiger partial charge < -0.3 is 20.2 Å². The molecule has 0 aliphatic heterocycles. The van der Waals surface area contributed by atoms with E-state index in [4.69, 9.17) is 4.74 Å². The van der Waals surface area contributed by atoms with Gasteiger partial charge in [-0.15, -0.1) is 10.2 Å². The Morgan fingerprint density at radius 3 is 2.51 bits per heavy atom. The van der Waals surface area contributed by atoms with Crippen molar-refractivity contribution in [1.29, 1.82) is 0 Å². The second-order valence-electron chi connectivity index (χ2n) is 7.71. The van der Waals surface area contributed by atoms with Crippen LogP contribution in [0.3, 0.4) is 0 Å². The fourth-order valence-corrected chi connectivity index (χ4v) is 4.27. The molecule has 0 fully saturated rings. The van der Waals surface area contributed by atoms with Crippen molar-refractivity contribution in [2.24, 2.45) is 0 Å². The van der Waals surface area contributed by atoms with Crippen LogP contribution in [0.25, 0.3) is 5.69 Å². The third kappa shape index (κ3) is 6.01. The van der Waals surface area contributed by atoms with Crippen molar-refractivity contribution in [3.05, 3.63) is 88.1 Å². The molecule has 1 N–H and O–H groups in total. The number of carbonyl (C=O) groups excluding carboxylic acids is 2. The van der Waals surface area contributed by atoms with E-state index >= 15 is 0 Å². The number of imidazole rings is 1. The molecular formula is C24H23N7O5S. The summed E-state index contributed by atoms with van der Waals surface area (Å²) in [4.78, 5) is 39.4. The first kappa shape index (κ1) is 25.6. The van der Waals surface area contributed by atoms with Crippen molar-refractivity contribution in [1.82, 2.24) is 24.3 Å². The van der Waals surface area contributed by atoms with Gasteiger partial charge in [0.05, 0.1) is 17.9 Å². The molecular weight excluding hydrogens is 498 g/mol. The van der Waals surface area contributed by atoms with Crippen LogP contribution in [0.4, 0.5) is 11.5 Å². The summed E-state index contributed by atoms with van der Waals surface area (Å²) in [6, 6.07) is 15.7. The summed E-state index contributed by atoms with van der Waals surface area (Å²) in [7, 11) is 0. The monoisotopic (exact) mass is 521 g/mol. The van der Waals surface area contributed by atoms with Crippen molar-refractivity contribution in [3.63, 3.8) is 0 Å². The van der Waals surface area contributed by atoms with Crippen LogP contribution in [0, 0.1) is 17.0 Å². The summed E-state index contributed by atoms with van der Waals surface area (Å²) >= 11 is 1.18. The van der Waals surface area contributed by atoms with E-state index in [0.717, 1.165) is 5.69 Å². The first-order valence-corrected chi connectivity index (χ1v) is 12.2. The third-order valence-electron chi connectivity index (χ3n) is 5.25. The molecule has 37 heavy (non-hydrogen) atoms. The highest BCUT2D eigenvalue weighted by Gasteiger charge is 2.23. The van der Waals surface area contributed by atoms with Gasteiger partial charge in [-0.3, -0.25) is 9.36 Å². The van der Waals surface area contributed by atoms with Gasteiger partial charge in [0, 0.05) is 18.3 Å². The minimum atomic E-state index is -0.498. The maximum atomic E-state index is 12.6. The van der Waals surface area contributed by atoms with Gasteiger partial charge in [-0.1, -0.05) is 30.0 Å². The lowest BCUT2D eigenvalue weighted by molar-refractivity contribution is -0.392. The molecule has 0 bridgehead atoms. The van der Waals surface area contributed by atoms with E-state index in [1.165, 1.54) is 22.5 Å². The average molecular weight is 522 g/mol. The Labute approximate surface area is 215 Å². The predicted molar refractivity (Wildman–Crippen MR) is 136 cm³/mol. The number of ether oxygens (including phenoxy) is 1. The molecule has 13 heteroatoms. The number of benzene rings is 2. The average Bonchev–Trinajstić information content (AvgIpc) is 3.47. The number of thioether (sulfide) groups is 1. The molecule has 0 saturated carbocycles. The number of anilines is 1. The van der Waals surface area contributed by atoms with E-state index in [1.54, 1.807) is 42.7 Å². The SMILES string of the molecule is CCOC(=O)c1ccc(NC(=O)CSc2nnc(Cn3c([N+](=O)[O-])cnc3C)n2-c2ccccc2)cc1. The third-order valence-corrected chi connectivity index (χ3v) is 6.18. The van der Waals surface area contributed by atoms with Crippen molar-refractivity contribution in [2.45, 2.75) is 25.5 Å². The minimum absolute atomic E-state index is 0.0366. The first-order valence-electron chi connectivity index (χ1n) is 11.2. The van der Waals surface area contributed by atoms with Crippen molar-refractivity contribution in [3.8, 4) is 5.69 Å². The Bertz CT molecular complexity index is 1420.